The van der Waals surface area contributed by atoms with Crippen LogP contribution < -0.4 is 5.32 Å². The van der Waals surface area contributed by atoms with E-state index in [1.807, 2.05) is 0 Å². The SMILES string of the molecule is CCNC(COC)CN1[C@H](C)CCC[C@@H]1C. The van der Waals surface area contributed by atoms with E-state index in [2.05, 4.69) is 31.0 Å². The molecule has 0 aromatic carbocycles. The second kappa shape index (κ2) is 7.25. The molecule has 0 aromatic heterocycles. The van der Waals surface area contributed by atoms with Gasteiger partial charge in [-0.1, -0.05) is 13.3 Å². The van der Waals surface area contributed by atoms with E-state index in [0.29, 0.717) is 6.04 Å². The number of likely N-dealkylation sites (N-methyl/N-ethyl adjacent to an activating group) is 1. The van der Waals surface area contributed by atoms with Crippen LogP contribution in [-0.2, 0) is 4.74 Å². The highest BCUT2D eigenvalue weighted by atomic mass is 16.5. The van der Waals surface area contributed by atoms with E-state index in [4.69, 9.17) is 4.74 Å². The monoisotopic (exact) mass is 228 g/mol. The highest BCUT2D eigenvalue weighted by molar-refractivity contribution is 4.83. The van der Waals surface area contributed by atoms with Crippen molar-refractivity contribution in [1.82, 2.24) is 10.2 Å². The minimum atomic E-state index is 0.470. The van der Waals surface area contributed by atoms with E-state index in [0.717, 1.165) is 31.8 Å². The van der Waals surface area contributed by atoms with Crippen molar-refractivity contribution >= 4 is 0 Å². The molecule has 1 fully saturated rings. The minimum absolute atomic E-state index is 0.470. The van der Waals surface area contributed by atoms with E-state index >= 15 is 0 Å². The molecule has 1 heterocycles. The van der Waals surface area contributed by atoms with Crippen LogP contribution >= 0.6 is 0 Å². The molecule has 0 spiro atoms. The van der Waals surface area contributed by atoms with Gasteiger partial charge in [-0.2, -0.15) is 0 Å². The zero-order valence-corrected chi connectivity index (χ0v) is 11.3. The molecular formula is C13H28N2O. The van der Waals surface area contributed by atoms with E-state index in [1.54, 1.807) is 7.11 Å². The fourth-order valence-electron chi connectivity index (χ4n) is 2.76. The van der Waals surface area contributed by atoms with Crippen molar-refractivity contribution in [3.63, 3.8) is 0 Å². The number of nitrogens with one attached hydrogen (secondary N) is 1. The third kappa shape index (κ3) is 4.04. The molecule has 3 atom stereocenters. The molecule has 16 heavy (non-hydrogen) atoms. The van der Waals surface area contributed by atoms with Gasteiger partial charge in [0, 0.05) is 31.8 Å². The predicted octanol–water partition coefficient (Wildman–Crippen LogP) is 1.87. The maximum Gasteiger partial charge on any atom is 0.0628 e. The normalized spacial score (nSPS) is 29.2. The van der Waals surface area contributed by atoms with Crippen molar-refractivity contribution in [2.75, 3.05) is 26.8 Å². The minimum Gasteiger partial charge on any atom is -0.383 e. The average Bonchev–Trinajstić information content (AvgIpc) is 2.24. The van der Waals surface area contributed by atoms with Gasteiger partial charge < -0.3 is 10.1 Å². The Balaban J connectivity index is 2.46. The summed E-state index contributed by atoms with van der Waals surface area (Å²) in [7, 11) is 1.79. The number of likely N-dealkylation sites (tertiary alicyclic amines) is 1. The van der Waals surface area contributed by atoms with Gasteiger partial charge in [0.25, 0.3) is 0 Å². The summed E-state index contributed by atoms with van der Waals surface area (Å²) in [5, 5.41) is 3.51. The fraction of sp³-hybridized carbons (Fsp3) is 1.00. The van der Waals surface area contributed by atoms with Crippen LogP contribution in [0.15, 0.2) is 0 Å². The molecule has 0 bridgehead atoms. The molecule has 0 aliphatic carbocycles. The summed E-state index contributed by atoms with van der Waals surface area (Å²) in [6, 6.07) is 1.92. The molecular weight excluding hydrogens is 200 g/mol. The van der Waals surface area contributed by atoms with E-state index in [1.165, 1.54) is 19.3 Å². The molecule has 1 unspecified atom stereocenters. The Labute approximate surface area is 101 Å². The van der Waals surface area contributed by atoms with Crippen LogP contribution in [0.25, 0.3) is 0 Å². The highest BCUT2D eigenvalue weighted by Crippen LogP contribution is 2.22. The summed E-state index contributed by atoms with van der Waals surface area (Å²) in [5.74, 6) is 0. The topological polar surface area (TPSA) is 24.5 Å². The van der Waals surface area contributed by atoms with Gasteiger partial charge in [-0.15, -0.1) is 0 Å². The predicted molar refractivity (Wildman–Crippen MR) is 68.8 cm³/mol. The summed E-state index contributed by atoms with van der Waals surface area (Å²) >= 11 is 0. The summed E-state index contributed by atoms with van der Waals surface area (Å²) in [5.41, 5.74) is 0. The smallest absolute Gasteiger partial charge is 0.0628 e. The first-order valence-electron chi connectivity index (χ1n) is 6.67. The van der Waals surface area contributed by atoms with Crippen LogP contribution in [0.3, 0.4) is 0 Å². The lowest BCUT2D eigenvalue weighted by molar-refractivity contribution is 0.0698. The van der Waals surface area contributed by atoms with Gasteiger partial charge in [-0.25, -0.2) is 0 Å². The molecule has 96 valence electrons. The van der Waals surface area contributed by atoms with Gasteiger partial charge in [0.1, 0.15) is 0 Å². The quantitative estimate of drug-likeness (QED) is 0.751. The lowest BCUT2D eigenvalue weighted by Gasteiger charge is -2.41. The number of rotatable bonds is 6. The Bertz CT molecular complexity index is 171. The second-order valence-corrected chi connectivity index (χ2v) is 5.04. The maximum absolute atomic E-state index is 5.28. The highest BCUT2D eigenvalue weighted by Gasteiger charge is 2.26. The van der Waals surface area contributed by atoms with Crippen molar-refractivity contribution in [1.29, 1.82) is 0 Å². The number of piperidine rings is 1. The van der Waals surface area contributed by atoms with Crippen LogP contribution in [-0.4, -0.2) is 49.8 Å². The van der Waals surface area contributed by atoms with E-state index < -0.39 is 0 Å². The number of hydrogen-bond acceptors (Lipinski definition) is 3. The van der Waals surface area contributed by atoms with Gasteiger partial charge in [-0.3, -0.25) is 4.90 Å². The Morgan fingerprint density at radius 2 is 1.94 bits per heavy atom. The van der Waals surface area contributed by atoms with Crippen molar-refractivity contribution in [3.05, 3.63) is 0 Å². The number of methoxy groups -OCH3 is 1. The number of hydrogen-bond donors (Lipinski definition) is 1. The molecule has 1 saturated heterocycles. The molecule has 3 nitrogen and oxygen atoms in total. The molecule has 1 aliphatic rings. The summed E-state index contributed by atoms with van der Waals surface area (Å²) in [4.78, 5) is 2.63. The summed E-state index contributed by atoms with van der Waals surface area (Å²) in [6.07, 6.45) is 4.07. The van der Waals surface area contributed by atoms with Crippen LogP contribution in [0.4, 0.5) is 0 Å². The molecule has 1 aliphatic heterocycles. The number of nitrogens with zero attached hydrogens (tertiary/aromatic N) is 1. The van der Waals surface area contributed by atoms with Gasteiger partial charge >= 0.3 is 0 Å². The Morgan fingerprint density at radius 1 is 1.31 bits per heavy atom. The molecule has 0 saturated carbocycles. The van der Waals surface area contributed by atoms with Crippen molar-refractivity contribution in [2.45, 2.75) is 58.2 Å². The van der Waals surface area contributed by atoms with Crippen LogP contribution in [0.5, 0.6) is 0 Å². The standard InChI is InChI=1S/C13H28N2O/c1-5-14-13(10-16-4)9-15-11(2)7-6-8-12(15)3/h11-14H,5-10H2,1-4H3/t11-,12+,13?. The molecule has 1 rings (SSSR count). The lowest BCUT2D eigenvalue weighted by Crippen LogP contribution is -2.51. The second-order valence-electron chi connectivity index (χ2n) is 5.04. The fourth-order valence-corrected chi connectivity index (χ4v) is 2.76. The van der Waals surface area contributed by atoms with Crippen LogP contribution in [0, 0.1) is 0 Å². The number of ether oxygens (including phenoxy) is 1. The Morgan fingerprint density at radius 3 is 2.44 bits per heavy atom. The average molecular weight is 228 g/mol. The van der Waals surface area contributed by atoms with E-state index in [-0.39, 0.29) is 0 Å². The molecule has 0 aromatic rings. The van der Waals surface area contributed by atoms with Crippen LogP contribution in [0.1, 0.15) is 40.0 Å². The van der Waals surface area contributed by atoms with Gasteiger partial charge in [0.15, 0.2) is 0 Å². The molecule has 3 heteroatoms. The van der Waals surface area contributed by atoms with Gasteiger partial charge in [0.05, 0.1) is 6.61 Å². The van der Waals surface area contributed by atoms with Gasteiger partial charge in [0.2, 0.25) is 0 Å². The lowest BCUT2D eigenvalue weighted by atomic mass is 9.97. The van der Waals surface area contributed by atoms with Crippen molar-refractivity contribution in [2.24, 2.45) is 0 Å². The van der Waals surface area contributed by atoms with Crippen molar-refractivity contribution < 1.29 is 4.74 Å². The zero-order valence-electron chi connectivity index (χ0n) is 11.3. The third-order valence-electron chi connectivity index (χ3n) is 3.67. The Kier molecular flexibility index (Phi) is 6.32. The zero-order chi connectivity index (χ0) is 12.0. The maximum atomic E-state index is 5.28. The van der Waals surface area contributed by atoms with Crippen molar-refractivity contribution in [3.8, 4) is 0 Å². The van der Waals surface area contributed by atoms with E-state index in [9.17, 15) is 0 Å². The molecule has 1 N–H and O–H groups in total. The summed E-state index contributed by atoms with van der Waals surface area (Å²) in [6.45, 7) is 9.81. The first-order chi connectivity index (χ1) is 7.69. The molecule has 0 radical (unpaired) electrons. The van der Waals surface area contributed by atoms with Crippen LogP contribution in [0.2, 0.25) is 0 Å². The molecule has 0 amide bonds. The van der Waals surface area contributed by atoms with Gasteiger partial charge in [-0.05, 0) is 33.2 Å². The first-order valence-corrected chi connectivity index (χ1v) is 6.67. The summed E-state index contributed by atoms with van der Waals surface area (Å²) < 4.78 is 5.28. The largest absolute Gasteiger partial charge is 0.383 e. The third-order valence-corrected chi connectivity index (χ3v) is 3.67. The first kappa shape index (κ1) is 13.9. The Hall–Kier alpha value is -0.120.